The molecule has 1 amide bonds. The number of carbonyl (C=O) groups excluding carboxylic acids is 2. The molecule has 5 heteroatoms. The van der Waals surface area contributed by atoms with Gasteiger partial charge in [0, 0.05) is 18.9 Å². The maximum atomic E-state index is 12.2. The number of methoxy groups -OCH3 is 1. The number of ketones is 1. The topological polar surface area (TPSA) is 68.3 Å². The van der Waals surface area contributed by atoms with Gasteiger partial charge in [-0.3, -0.25) is 9.59 Å². The molecule has 2 heterocycles. The first-order chi connectivity index (χ1) is 8.65. The Morgan fingerprint density at radius 1 is 1.28 bits per heavy atom. The Bertz CT molecular complexity index is 529. The summed E-state index contributed by atoms with van der Waals surface area (Å²) in [5.74, 6) is 0.692. The number of ether oxygens (including phenoxy) is 1. The van der Waals surface area contributed by atoms with Crippen LogP contribution in [-0.4, -0.2) is 23.8 Å². The summed E-state index contributed by atoms with van der Waals surface area (Å²) < 4.78 is 5.11. The Labute approximate surface area is 105 Å². The highest BCUT2D eigenvalue weighted by Crippen LogP contribution is 2.46. The zero-order valence-corrected chi connectivity index (χ0v) is 10.2. The fourth-order valence-corrected chi connectivity index (χ4v) is 2.79. The normalized spacial score (nSPS) is 20.7. The SMILES string of the molecule is COc1ccc2c(n1)C1(CCC(=O)CC1)C(=O)N2. The molecule has 1 fully saturated rings. The summed E-state index contributed by atoms with van der Waals surface area (Å²) in [6.07, 6.45) is 1.99. The molecule has 0 aromatic carbocycles. The van der Waals surface area contributed by atoms with Gasteiger partial charge in [-0.2, -0.15) is 0 Å². The van der Waals surface area contributed by atoms with Crippen molar-refractivity contribution in [1.82, 2.24) is 4.98 Å². The van der Waals surface area contributed by atoms with Crippen molar-refractivity contribution < 1.29 is 14.3 Å². The van der Waals surface area contributed by atoms with Crippen molar-refractivity contribution in [1.29, 1.82) is 0 Å². The molecule has 0 bridgehead atoms. The van der Waals surface area contributed by atoms with Crippen LogP contribution in [0.4, 0.5) is 5.69 Å². The summed E-state index contributed by atoms with van der Waals surface area (Å²) >= 11 is 0. The Morgan fingerprint density at radius 3 is 2.67 bits per heavy atom. The number of hydrogen-bond donors (Lipinski definition) is 1. The van der Waals surface area contributed by atoms with Crippen molar-refractivity contribution in [3.63, 3.8) is 0 Å². The van der Waals surface area contributed by atoms with Gasteiger partial charge in [0.05, 0.1) is 23.9 Å². The van der Waals surface area contributed by atoms with E-state index in [0.29, 0.717) is 31.6 Å². The highest BCUT2D eigenvalue weighted by molar-refractivity contribution is 6.06. The number of pyridine rings is 1. The van der Waals surface area contributed by atoms with Crippen LogP contribution in [0.25, 0.3) is 0 Å². The maximum Gasteiger partial charge on any atom is 0.236 e. The molecule has 5 nitrogen and oxygen atoms in total. The first kappa shape index (κ1) is 11.2. The fraction of sp³-hybridized carbons (Fsp3) is 0.462. The minimum absolute atomic E-state index is 0.0363. The van der Waals surface area contributed by atoms with Gasteiger partial charge in [-0.15, -0.1) is 0 Å². The summed E-state index contributed by atoms with van der Waals surface area (Å²) in [7, 11) is 1.55. The predicted molar refractivity (Wildman–Crippen MR) is 64.6 cm³/mol. The average molecular weight is 246 g/mol. The van der Waals surface area contributed by atoms with Gasteiger partial charge < -0.3 is 10.1 Å². The van der Waals surface area contributed by atoms with E-state index in [0.717, 1.165) is 11.4 Å². The summed E-state index contributed by atoms with van der Waals surface area (Å²) in [5.41, 5.74) is 0.854. The van der Waals surface area contributed by atoms with E-state index in [1.54, 1.807) is 13.2 Å². The molecular weight excluding hydrogens is 232 g/mol. The van der Waals surface area contributed by atoms with E-state index in [4.69, 9.17) is 4.74 Å². The van der Waals surface area contributed by atoms with Crippen molar-refractivity contribution in [2.45, 2.75) is 31.1 Å². The van der Waals surface area contributed by atoms with E-state index in [1.165, 1.54) is 0 Å². The second kappa shape index (κ2) is 3.80. The zero-order valence-electron chi connectivity index (χ0n) is 10.2. The zero-order chi connectivity index (χ0) is 12.8. The second-order valence-corrected chi connectivity index (χ2v) is 4.82. The third-order valence-corrected chi connectivity index (χ3v) is 3.88. The number of fused-ring (bicyclic) bond motifs is 2. The largest absolute Gasteiger partial charge is 0.481 e. The first-order valence-electron chi connectivity index (χ1n) is 6.04. The van der Waals surface area contributed by atoms with E-state index < -0.39 is 5.41 Å². The van der Waals surface area contributed by atoms with Crippen LogP contribution in [0.1, 0.15) is 31.4 Å². The second-order valence-electron chi connectivity index (χ2n) is 4.82. The molecule has 1 aromatic heterocycles. The smallest absolute Gasteiger partial charge is 0.236 e. The monoisotopic (exact) mass is 246 g/mol. The van der Waals surface area contributed by atoms with Crippen molar-refractivity contribution >= 4 is 17.4 Å². The van der Waals surface area contributed by atoms with Crippen molar-refractivity contribution in [3.05, 3.63) is 17.8 Å². The molecule has 1 spiro atoms. The van der Waals surface area contributed by atoms with Crippen LogP contribution < -0.4 is 10.1 Å². The number of hydrogen-bond acceptors (Lipinski definition) is 4. The van der Waals surface area contributed by atoms with E-state index in [2.05, 4.69) is 10.3 Å². The van der Waals surface area contributed by atoms with Gasteiger partial charge in [-0.05, 0) is 18.9 Å². The lowest BCUT2D eigenvalue weighted by molar-refractivity contribution is -0.126. The quantitative estimate of drug-likeness (QED) is 0.813. The van der Waals surface area contributed by atoms with Gasteiger partial charge in [0.25, 0.3) is 0 Å². The molecule has 1 saturated carbocycles. The summed E-state index contributed by atoms with van der Waals surface area (Å²) in [5, 5.41) is 2.86. The van der Waals surface area contributed by atoms with Crippen molar-refractivity contribution in [3.8, 4) is 5.88 Å². The van der Waals surface area contributed by atoms with Crippen LogP contribution in [-0.2, 0) is 15.0 Å². The Kier molecular flexibility index (Phi) is 2.36. The number of aromatic nitrogens is 1. The molecular formula is C13H14N2O3. The van der Waals surface area contributed by atoms with Crippen LogP contribution >= 0.6 is 0 Å². The Morgan fingerprint density at radius 2 is 2.00 bits per heavy atom. The van der Waals surface area contributed by atoms with E-state index in [9.17, 15) is 9.59 Å². The van der Waals surface area contributed by atoms with Crippen LogP contribution in [0.15, 0.2) is 12.1 Å². The van der Waals surface area contributed by atoms with Gasteiger partial charge in [0.1, 0.15) is 5.78 Å². The lowest BCUT2D eigenvalue weighted by Gasteiger charge is -2.29. The minimum Gasteiger partial charge on any atom is -0.481 e. The predicted octanol–water partition coefficient (Wildman–Crippen LogP) is 1.42. The minimum atomic E-state index is -0.627. The molecule has 3 rings (SSSR count). The Hall–Kier alpha value is -1.91. The highest BCUT2D eigenvalue weighted by Gasteiger charge is 2.50. The van der Waals surface area contributed by atoms with Crippen LogP contribution in [0.2, 0.25) is 0 Å². The van der Waals surface area contributed by atoms with Gasteiger partial charge in [-0.25, -0.2) is 4.98 Å². The van der Waals surface area contributed by atoms with E-state index >= 15 is 0 Å². The van der Waals surface area contributed by atoms with Crippen molar-refractivity contribution in [2.24, 2.45) is 0 Å². The van der Waals surface area contributed by atoms with Gasteiger partial charge in [0.2, 0.25) is 11.8 Å². The summed E-state index contributed by atoms with van der Waals surface area (Å²) in [6.45, 7) is 0. The van der Waals surface area contributed by atoms with Crippen molar-refractivity contribution in [2.75, 3.05) is 12.4 Å². The summed E-state index contributed by atoms with van der Waals surface area (Å²) in [4.78, 5) is 28.0. The third kappa shape index (κ3) is 1.43. The lowest BCUT2D eigenvalue weighted by Crippen LogP contribution is -2.39. The molecule has 0 atom stereocenters. The molecule has 1 N–H and O–H groups in total. The highest BCUT2D eigenvalue weighted by atomic mass is 16.5. The van der Waals surface area contributed by atoms with Crippen LogP contribution in [0, 0.1) is 0 Å². The molecule has 0 saturated heterocycles. The third-order valence-electron chi connectivity index (χ3n) is 3.88. The van der Waals surface area contributed by atoms with Gasteiger partial charge >= 0.3 is 0 Å². The number of nitrogens with one attached hydrogen (secondary N) is 1. The molecule has 18 heavy (non-hydrogen) atoms. The standard InChI is InChI=1S/C13H14N2O3/c1-18-10-3-2-9-11(15-10)13(12(17)14-9)6-4-8(16)5-7-13/h2-3H,4-7H2,1H3,(H,14,17). The number of amides is 1. The average Bonchev–Trinajstić information content (AvgIpc) is 2.65. The molecule has 0 radical (unpaired) electrons. The number of Topliss-reactive ketones (excluding diaryl/α,β-unsaturated/α-hetero) is 1. The van der Waals surface area contributed by atoms with Crippen LogP contribution in [0.5, 0.6) is 5.88 Å². The number of anilines is 1. The fourth-order valence-electron chi connectivity index (χ4n) is 2.79. The van der Waals surface area contributed by atoms with Gasteiger partial charge in [-0.1, -0.05) is 0 Å². The molecule has 2 aliphatic rings. The molecule has 1 aliphatic carbocycles. The first-order valence-corrected chi connectivity index (χ1v) is 6.04. The Balaban J connectivity index is 2.07. The number of nitrogens with zero attached hydrogens (tertiary/aromatic N) is 1. The van der Waals surface area contributed by atoms with E-state index in [-0.39, 0.29) is 11.7 Å². The molecule has 1 aliphatic heterocycles. The van der Waals surface area contributed by atoms with Gasteiger partial charge in [0.15, 0.2) is 0 Å². The molecule has 1 aromatic rings. The number of carbonyl (C=O) groups is 2. The number of rotatable bonds is 1. The molecule has 94 valence electrons. The maximum absolute atomic E-state index is 12.2. The molecule has 0 unspecified atom stereocenters. The van der Waals surface area contributed by atoms with E-state index in [1.807, 2.05) is 6.07 Å². The van der Waals surface area contributed by atoms with Crippen LogP contribution in [0.3, 0.4) is 0 Å². The summed E-state index contributed by atoms with van der Waals surface area (Å²) in [6, 6.07) is 3.54. The lowest BCUT2D eigenvalue weighted by atomic mass is 9.72.